The highest BCUT2D eigenvalue weighted by atomic mass is 79.9. The molecule has 2 amide bonds. The Labute approximate surface area is 189 Å². The van der Waals surface area contributed by atoms with E-state index in [-0.39, 0.29) is 17.7 Å². The van der Waals surface area contributed by atoms with Gasteiger partial charge in [-0.15, -0.1) is 0 Å². The monoisotopic (exact) mass is 482 g/mol. The van der Waals surface area contributed by atoms with Crippen molar-refractivity contribution in [1.29, 1.82) is 0 Å². The molecular weight excluding hydrogens is 460 g/mol. The summed E-state index contributed by atoms with van der Waals surface area (Å²) in [7, 11) is 0. The summed E-state index contributed by atoms with van der Waals surface area (Å²) in [5, 5.41) is 6.97. The van der Waals surface area contributed by atoms with Crippen molar-refractivity contribution in [2.45, 2.75) is 32.1 Å². The highest BCUT2D eigenvalue weighted by Crippen LogP contribution is 2.29. The number of hydrogen-bond acceptors (Lipinski definition) is 5. The first-order chi connectivity index (χ1) is 15.0. The van der Waals surface area contributed by atoms with Gasteiger partial charge >= 0.3 is 0 Å². The zero-order chi connectivity index (χ0) is 21.8. The Morgan fingerprint density at radius 2 is 2.06 bits per heavy atom. The molecule has 7 nitrogen and oxygen atoms in total. The van der Waals surface area contributed by atoms with Crippen LogP contribution in [0.15, 0.2) is 57.5 Å². The summed E-state index contributed by atoms with van der Waals surface area (Å²) in [6, 6.07) is 14.8. The Morgan fingerprint density at radius 1 is 1.23 bits per heavy atom. The number of anilines is 1. The Kier molecular flexibility index (Phi) is 6.46. The second-order valence-electron chi connectivity index (χ2n) is 7.54. The summed E-state index contributed by atoms with van der Waals surface area (Å²) in [4.78, 5) is 31.0. The summed E-state index contributed by atoms with van der Waals surface area (Å²) in [6.45, 7) is 3.06. The van der Waals surface area contributed by atoms with Crippen LogP contribution < -0.4 is 5.32 Å². The van der Waals surface area contributed by atoms with Crippen LogP contribution in [0.2, 0.25) is 0 Å². The molecule has 8 heteroatoms. The number of carbonyl (C=O) groups is 2. The average molecular weight is 483 g/mol. The molecule has 0 bridgehead atoms. The van der Waals surface area contributed by atoms with Crippen LogP contribution in [-0.2, 0) is 4.79 Å². The van der Waals surface area contributed by atoms with Gasteiger partial charge in [-0.25, -0.2) is 0 Å². The first kappa shape index (κ1) is 21.2. The highest BCUT2D eigenvalue weighted by molar-refractivity contribution is 9.10. The molecule has 0 unspecified atom stereocenters. The fourth-order valence-corrected chi connectivity index (χ4v) is 4.07. The zero-order valence-electron chi connectivity index (χ0n) is 17.2. The number of likely N-dealkylation sites (tertiary alicyclic amines) is 1. The van der Waals surface area contributed by atoms with Crippen molar-refractivity contribution in [2.75, 3.05) is 18.4 Å². The molecule has 0 saturated carbocycles. The summed E-state index contributed by atoms with van der Waals surface area (Å²) in [5.41, 5.74) is 2.12. The van der Waals surface area contributed by atoms with E-state index in [4.69, 9.17) is 4.52 Å². The Hall–Kier alpha value is -3.00. The quantitative estimate of drug-likeness (QED) is 0.560. The van der Waals surface area contributed by atoms with E-state index in [1.807, 2.05) is 53.4 Å². The van der Waals surface area contributed by atoms with E-state index in [1.165, 1.54) is 0 Å². The molecule has 0 radical (unpaired) electrons. The third kappa shape index (κ3) is 5.02. The predicted octanol–water partition coefficient (Wildman–Crippen LogP) is 4.87. The van der Waals surface area contributed by atoms with Crippen LogP contribution in [-0.4, -0.2) is 39.9 Å². The smallest absolute Gasteiger partial charge is 0.253 e. The van der Waals surface area contributed by atoms with E-state index in [1.54, 1.807) is 6.92 Å². The molecule has 0 spiro atoms. The van der Waals surface area contributed by atoms with Crippen molar-refractivity contribution in [3.05, 3.63) is 64.5 Å². The number of piperidine rings is 1. The molecule has 3 aromatic rings. The second kappa shape index (κ2) is 9.43. The first-order valence-corrected chi connectivity index (χ1v) is 11.1. The molecule has 2 aromatic carbocycles. The second-order valence-corrected chi connectivity index (χ2v) is 8.46. The molecular formula is C23H23BrN4O3. The standard InChI is InChI=1S/C23H23BrN4O3/c1-2-20(29)25-19-10-4-6-15(13-19)21-26-22(31-27-21)17-8-5-11-28(14-17)23(30)16-7-3-9-18(24)12-16/h3-4,6-7,9-10,12-13,17H,2,5,8,11,14H2,1H3,(H,25,29)/t17-/m1/s1. The fourth-order valence-electron chi connectivity index (χ4n) is 3.67. The van der Waals surface area contributed by atoms with Gasteiger partial charge in [0.15, 0.2) is 0 Å². The highest BCUT2D eigenvalue weighted by Gasteiger charge is 2.29. The lowest BCUT2D eigenvalue weighted by atomic mass is 9.97. The van der Waals surface area contributed by atoms with Gasteiger partial charge in [0.25, 0.3) is 5.91 Å². The minimum absolute atomic E-state index is 0.00473. The Morgan fingerprint density at radius 3 is 2.87 bits per heavy atom. The SMILES string of the molecule is CCC(=O)Nc1cccc(-c2noc([C@@H]3CCCN(C(=O)c4cccc(Br)c4)C3)n2)c1. The molecule has 1 aliphatic heterocycles. The maximum absolute atomic E-state index is 12.9. The number of rotatable bonds is 5. The maximum Gasteiger partial charge on any atom is 0.253 e. The van der Waals surface area contributed by atoms with E-state index >= 15 is 0 Å². The van der Waals surface area contributed by atoms with Crippen LogP contribution in [0.3, 0.4) is 0 Å². The van der Waals surface area contributed by atoms with E-state index in [0.29, 0.717) is 42.5 Å². The van der Waals surface area contributed by atoms with Crippen molar-refractivity contribution in [1.82, 2.24) is 15.0 Å². The van der Waals surface area contributed by atoms with Gasteiger partial charge in [0.05, 0.1) is 5.92 Å². The number of nitrogens with one attached hydrogen (secondary N) is 1. The van der Waals surface area contributed by atoms with Crippen LogP contribution in [0.25, 0.3) is 11.4 Å². The number of benzene rings is 2. The van der Waals surface area contributed by atoms with E-state index in [9.17, 15) is 9.59 Å². The molecule has 31 heavy (non-hydrogen) atoms. The number of aromatic nitrogens is 2. The van der Waals surface area contributed by atoms with Crippen LogP contribution in [0.1, 0.15) is 48.4 Å². The van der Waals surface area contributed by atoms with E-state index in [2.05, 4.69) is 31.4 Å². The first-order valence-electron chi connectivity index (χ1n) is 10.3. The summed E-state index contributed by atoms with van der Waals surface area (Å²) in [5.74, 6) is 0.949. The molecule has 2 heterocycles. The van der Waals surface area contributed by atoms with Crippen LogP contribution in [0.5, 0.6) is 0 Å². The number of carbonyl (C=O) groups excluding carboxylic acids is 2. The average Bonchev–Trinajstić information content (AvgIpc) is 3.29. The lowest BCUT2D eigenvalue weighted by molar-refractivity contribution is -0.115. The van der Waals surface area contributed by atoms with Crippen LogP contribution in [0, 0.1) is 0 Å². The van der Waals surface area contributed by atoms with Crippen molar-refractivity contribution in [3.8, 4) is 11.4 Å². The van der Waals surface area contributed by atoms with Gasteiger partial charge in [0.2, 0.25) is 17.6 Å². The normalized spacial score (nSPS) is 16.2. The summed E-state index contributed by atoms with van der Waals surface area (Å²) in [6.07, 6.45) is 2.17. The predicted molar refractivity (Wildman–Crippen MR) is 121 cm³/mol. The zero-order valence-corrected chi connectivity index (χ0v) is 18.8. The summed E-state index contributed by atoms with van der Waals surface area (Å²) < 4.78 is 6.44. The molecule has 1 N–H and O–H groups in total. The van der Waals surface area contributed by atoms with Gasteiger partial charge in [0.1, 0.15) is 0 Å². The van der Waals surface area contributed by atoms with E-state index in [0.717, 1.165) is 22.9 Å². The topological polar surface area (TPSA) is 88.3 Å². The molecule has 0 aliphatic carbocycles. The number of amides is 2. The largest absolute Gasteiger partial charge is 0.339 e. The molecule has 160 valence electrons. The maximum atomic E-state index is 12.9. The number of hydrogen-bond donors (Lipinski definition) is 1. The van der Waals surface area contributed by atoms with Gasteiger partial charge in [-0.2, -0.15) is 4.98 Å². The van der Waals surface area contributed by atoms with Crippen molar-refractivity contribution >= 4 is 33.4 Å². The molecule has 1 saturated heterocycles. The van der Waals surface area contributed by atoms with Gasteiger partial charge in [-0.1, -0.05) is 46.2 Å². The van der Waals surface area contributed by atoms with Gasteiger partial charge < -0.3 is 14.7 Å². The fraction of sp³-hybridized carbons (Fsp3) is 0.304. The third-order valence-corrected chi connectivity index (χ3v) is 5.79. The minimum Gasteiger partial charge on any atom is -0.339 e. The third-order valence-electron chi connectivity index (χ3n) is 5.30. The van der Waals surface area contributed by atoms with Crippen LogP contribution in [0.4, 0.5) is 5.69 Å². The summed E-state index contributed by atoms with van der Waals surface area (Å²) >= 11 is 3.42. The van der Waals surface area contributed by atoms with Gasteiger partial charge in [-0.3, -0.25) is 9.59 Å². The Bertz CT molecular complexity index is 1100. The molecule has 1 atom stereocenters. The van der Waals surface area contributed by atoms with Gasteiger partial charge in [-0.05, 0) is 43.2 Å². The number of halogens is 1. The van der Waals surface area contributed by atoms with Crippen molar-refractivity contribution in [2.24, 2.45) is 0 Å². The molecule has 1 aromatic heterocycles. The lowest BCUT2D eigenvalue weighted by Crippen LogP contribution is -2.39. The molecule has 4 rings (SSSR count). The van der Waals surface area contributed by atoms with Gasteiger partial charge in [0, 0.05) is 40.8 Å². The minimum atomic E-state index is -0.0524. The molecule has 1 fully saturated rings. The lowest BCUT2D eigenvalue weighted by Gasteiger charge is -2.31. The van der Waals surface area contributed by atoms with Crippen molar-refractivity contribution in [3.63, 3.8) is 0 Å². The van der Waals surface area contributed by atoms with E-state index < -0.39 is 0 Å². The number of nitrogens with zero attached hydrogens (tertiary/aromatic N) is 3. The molecule has 1 aliphatic rings. The Balaban J connectivity index is 1.48. The van der Waals surface area contributed by atoms with Crippen molar-refractivity contribution < 1.29 is 14.1 Å². The van der Waals surface area contributed by atoms with Crippen LogP contribution >= 0.6 is 15.9 Å².